The molecule has 0 unspecified atom stereocenters. The predicted molar refractivity (Wildman–Crippen MR) is 73.1 cm³/mol. The van der Waals surface area contributed by atoms with E-state index >= 15 is 0 Å². The van der Waals surface area contributed by atoms with Gasteiger partial charge < -0.3 is 5.32 Å². The molecule has 2 aromatic rings. The summed E-state index contributed by atoms with van der Waals surface area (Å²) in [5.74, 6) is -0.234. The molecule has 1 heterocycles. The summed E-state index contributed by atoms with van der Waals surface area (Å²) < 4.78 is 16.1. The van der Waals surface area contributed by atoms with Crippen molar-refractivity contribution in [3.8, 4) is 0 Å². The topological polar surface area (TPSA) is 42.7 Å². The predicted octanol–water partition coefficient (Wildman–Crippen LogP) is 2.48. The van der Waals surface area contributed by atoms with Gasteiger partial charge in [0.15, 0.2) is 0 Å². The van der Waals surface area contributed by atoms with Crippen molar-refractivity contribution in [2.45, 2.75) is 32.0 Å². The molecule has 1 saturated carbocycles. The molecule has 0 saturated heterocycles. The van der Waals surface area contributed by atoms with Gasteiger partial charge in [0, 0.05) is 22.6 Å². The van der Waals surface area contributed by atoms with Crippen LogP contribution in [0.15, 0.2) is 28.9 Å². The van der Waals surface area contributed by atoms with Crippen LogP contribution in [0.25, 0.3) is 0 Å². The molecule has 0 spiro atoms. The lowest BCUT2D eigenvalue weighted by molar-refractivity contribution is 0.576. The molecule has 1 aromatic carbocycles. The Labute approximate surface area is 119 Å². The summed E-state index contributed by atoms with van der Waals surface area (Å²) in [5, 5.41) is 11.5. The van der Waals surface area contributed by atoms with E-state index in [0.717, 1.165) is 16.7 Å². The van der Waals surface area contributed by atoms with E-state index in [1.165, 1.54) is 18.9 Å². The van der Waals surface area contributed by atoms with E-state index in [2.05, 4.69) is 31.6 Å². The van der Waals surface area contributed by atoms with Gasteiger partial charge in [-0.05, 0) is 25.0 Å². The normalized spacial score (nSPS) is 14.8. The average molecular weight is 325 g/mol. The molecule has 1 N–H and O–H groups in total. The lowest BCUT2D eigenvalue weighted by atomic mass is 10.2. The molecular weight excluding hydrogens is 311 g/mol. The summed E-state index contributed by atoms with van der Waals surface area (Å²) in [5.41, 5.74) is 1.50. The number of rotatable bonds is 5. The molecule has 19 heavy (non-hydrogen) atoms. The molecule has 0 bridgehead atoms. The van der Waals surface area contributed by atoms with Gasteiger partial charge in [-0.15, -0.1) is 5.10 Å². The molecule has 0 radical (unpaired) electrons. The van der Waals surface area contributed by atoms with Crippen LogP contribution < -0.4 is 5.32 Å². The maximum Gasteiger partial charge on any atom is 0.129 e. The van der Waals surface area contributed by atoms with Crippen molar-refractivity contribution in [1.82, 2.24) is 20.3 Å². The number of nitrogens with zero attached hydrogens (tertiary/aromatic N) is 3. The van der Waals surface area contributed by atoms with E-state index < -0.39 is 0 Å². The van der Waals surface area contributed by atoms with Gasteiger partial charge in [-0.3, -0.25) is 0 Å². The Balaban J connectivity index is 1.65. The van der Waals surface area contributed by atoms with Crippen LogP contribution in [0.5, 0.6) is 0 Å². The Morgan fingerprint density at radius 1 is 1.42 bits per heavy atom. The fraction of sp³-hybridized carbons (Fsp3) is 0.385. The summed E-state index contributed by atoms with van der Waals surface area (Å²) in [4.78, 5) is 0. The highest BCUT2D eigenvalue weighted by Gasteiger charge is 2.20. The lowest BCUT2D eigenvalue weighted by Gasteiger charge is -2.03. The van der Waals surface area contributed by atoms with Gasteiger partial charge in [0.05, 0.1) is 18.4 Å². The molecular formula is C13H14BrFN4. The SMILES string of the molecule is Fc1cc(Br)ccc1Cn1cc(CNC2CC2)nn1. The molecule has 3 rings (SSSR count). The Morgan fingerprint density at radius 3 is 3.00 bits per heavy atom. The first kappa shape index (κ1) is 12.7. The lowest BCUT2D eigenvalue weighted by Crippen LogP contribution is -2.15. The van der Waals surface area contributed by atoms with Crippen molar-refractivity contribution in [1.29, 1.82) is 0 Å². The number of aromatic nitrogens is 3. The van der Waals surface area contributed by atoms with Crippen molar-refractivity contribution in [3.63, 3.8) is 0 Å². The highest BCUT2D eigenvalue weighted by atomic mass is 79.9. The van der Waals surface area contributed by atoms with Crippen molar-refractivity contribution in [2.24, 2.45) is 0 Å². The van der Waals surface area contributed by atoms with E-state index in [-0.39, 0.29) is 5.82 Å². The highest BCUT2D eigenvalue weighted by molar-refractivity contribution is 9.10. The monoisotopic (exact) mass is 324 g/mol. The van der Waals surface area contributed by atoms with Crippen molar-refractivity contribution in [2.75, 3.05) is 0 Å². The van der Waals surface area contributed by atoms with Gasteiger partial charge in [0.1, 0.15) is 5.82 Å². The molecule has 1 fully saturated rings. The molecule has 1 aromatic heterocycles. The molecule has 4 nitrogen and oxygen atoms in total. The van der Waals surface area contributed by atoms with Gasteiger partial charge in [-0.1, -0.05) is 27.2 Å². The first-order valence-corrected chi connectivity index (χ1v) is 7.06. The van der Waals surface area contributed by atoms with Crippen LogP contribution in [-0.2, 0) is 13.1 Å². The van der Waals surface area contributed by atoms with Crippen molar-refractivity contribution in [3.05, 3.63) is 45.9 Å². The highest BCUT2D eigenvalue weighted by Crippen LogP contribution is 2.19. The fourth-order valence-electron chi connectivity index (χ4n) is 1.86. The number of hydrogen-bond acceptors (Lipinski definition) is 3. The Hall–Kier alpha value is -1.27. The van der Waals surface area contributed by atoms with Crippen LogP contribution >= 0.6 is 15.9 Å². The Kier molecular flexibility index (Phi) is 3.61. The minimum atomic E-state index is -0.234. The second-order valence-electron chi connectivity index (χ2n) is 4.80. The number of benzene rings is 1. The molecule has 6 heteroatoms. The minimum absolute atomic E-state index is 0.234. The van der Waals surface area contributed by atoms with E-state index in [1.807, 2.05) is 12.3 Å². The number of halogens is 2. The zero-order valence-electron chi connectivity index (χ0n) is 10.3. The number of nitrogens with one attached hydrogen (secondary N) is 1. The second-order valence-corrected chi connectivity index (χ2v) is 5.71. The van der Waals surface area contributed by atoms with Crippen molar-refractivity contribution >= 4 is 15.9 Å². The third-order valence-corrected chi connectivity index (χ3v) is 3.58. The standard InChI is InChI=1S/C13H14BrFN4/c14-10-2-1-9(13(15)5-10)7-19-8-12(17-18-19)6-16-11-3-4-11/h1-2,5,8,11,16H,3-4,6-7H2. The van der Waals surface area contributed by atoms with E-state index in [1.54, 1.807) is 10.7 Å². The van der Waals surface area contributed by atoms with Gasteiger partial charge in [-0.2, -0.15) is 0 Å². The van der Waals surface area contributed by atoms with Crippen LogP contribution in [-0.4, -0.2) is 21.0 Å². The summed E-state index contributed by atoms with van der Waals surface area (Å²) in [6.45, 7) is 1.13. The fourth-order valence-corrected chi connectivity index (χ4v) is 2.19. The van der Waals surface area contributed by atoms with E-state index in [9.17, 15) is 4.39 Å². The average Bonchev–Trinajstić information content (AvgIpc) is 3.10. The largest absolute Gasteiger partial charge is 0.308 e. The third kappa shape index (κ3) is 3.39. The summed E-state index contributed by atoms with van der Waals surface area (Å²) >= 11 is 3.24. The third-order valence-electron chi connectivity index (χ3n) is 3.08. The smallest absolute Gasteiger partial charge is 0.129 e. The van der Waals surface area contributed by atoms with Crippen LogP contribution in [0.3, 0.4) is 0 Å². The molecule has 1 aliphatic rings. The molecule has 0 aliphatic heterocycles. The van der Waals surface area contributed by atoms with Crippen LogP contribution in [0, 0.1) is 5.82 Å². The van der Waals surface area contributed by atoms with E-state index in [4.69, 9.17) is 0 Å². The van der Waals surface area contributed by atoms with Crippen LogP contribution in [0.1, 0.15) is 24.1 Å². The zero-order chi connectivity index (χ0) is 13.2. The van der Waals surface area contributed by atoms with Crippen molar-refractivity contribution < 1.29 is 4.39 Å². The molecule has 0 atom stereocenters. The quantitative estimate of drug-likeness (QED) is 0.918. The van der Waals surface area contributed by atoms with Crippen LogP contribution in [0.2, 0.25) is 0 Å². The van der Waals surface area contributed by atoms with E-state index in [0.29, 0.717) is 18.2 Å². The molecule has 0 amide bonds. The Bertz CT molecular complexity index is 580. The van der Waals surface area contributed by atoms with Gasteiger partial charge in [0.25, 0.3) is 0 Å². The molecule has 100 valence electrons. The van der Waals surface area contributed by atoms with Gasteiger partial charge >= 0.3 is 0 Å². The minimum Gasteiger partial charge on any atom is -0.308 e. The van der Waals surface area contributed by atoms with Crippen LogP contribution in [0.4, 0.5) is 4.39 Å². The zero-order valence-corrected chi connectivity index (χ0v) is 11.9. The summed E-state index contributed by atoms with van der Waals surface area (Å²) in [7, 11) is 0. The number of hydrogen-bond donors (Lipinski definition) is 1. The first-order valence-electron chi connectivity index (χ1n) is 6.27. The molecule has 1 aliphatic carbocycles. The first-order chi connectivity index (χ1) is 9.20. The second kappa shape index (κ2) is 5.38. The van der Waals surface area contributed by atoms with Gasteiger partial charge in [-0.25, -0.2) is 9.07 Å². The Morgan fingerprint density at radius 2 is 2.26 bits per heavy atom. The van der Waals surface area contributed by atoms with Gasteiger partial charge in [0.2, 0.25) is 0 Å². The summed E-state index contributed by atoms with van der Waals surface area (Å²) in [6.07, 6.45) is 4.35. The maximum atomic E-state index is 13.7. The maximum absolute atomic E-state index is 13.7. The summed E-state index contributed by atoms with van der Waals surface area (Å²) in [6, 6.07) is 5.68.